The quantitative estimate of drug-likeness (QED) is 0.933. The van der Waals surface area contributed by atoms with E-state index in [1.807, 2.05) is 11.7 Å². The smallest absolute Gasteiger partial charge is 0.0807 e. The zero-order valence-corrected chi connectivity index (χ0v) is 12.6. The Kier molecular flexibility index (Phi) is 3.42. The summed E-state index contributed by atoms with van der Waals surface area (Å²) in [6.45, 7) is 5.14. The monoisotopic (exact) mass is 273 g/mol. The van der Waals surface area contributed by atoms with Gasteiger partial charge in [-0.1, -0.05) is 6.92 Å². The molecule has 0 bridgehead atoms. The Balaban J connectivity index is 1.98. The van der Waals surface area contributed by atoms with Gasteiger partial charge in [-0.15, -0.1) is 0 Å². The molecule has 2 aromatic rings. The predicted molar refractivity (Wildman–Crippen MR) is 78.8 cm³/mol. The number of rotatable bonds is 3. The van der Waals surface area contributed by atoms with E-state index < -0.39 is 0 Å². The highest BCUT2D eigenvalue weighted by Crippen LogP contribution is 2.32. The highest BCUT2D eigenvalue weighted by molar-refractivity contribution is 5.33. The zero-order valence-electron chi connectivity index (χ0n) is 12.6. The molecule has 2 aromatic heterocycles. The van der Waals surface area contributed by atoms with Crippen LogP contribution in [0.25, 0.3) is 0 Å². The summed E-state index contributed by atoms with van der Waals surface area (Å²) < 4.78 is 4.25. The third-order valence-electron chi connectivity index (χ3n) is 4.35. The summed E-state index contributed by atoms with van der Waals surface area (Å²) in [6.07, 6.45) is 5.83. The molecule has 108 valence electrons. The summed E-state index contributed by atoms with van der Waals surface area (Å²) in [5, 5.41) is 14.7. The predicted octanol–water partition coefficient (Wildman–Crippen LogP) is 2.51. The van der Waals surface area contributed by atoms with Crippen LogP contribution >= 0.6 is 0 Å². The van der Waals surface area contributed by atoms with Gasteiger partial charge in [0.2, 0.25) is 0 Å². The zero-order chi connectivity index (χ0) is 14.3. The maximum atomic E-state index is 10.1. The Morgan fingerprint density at radius 1 is 1.45 bits per heavy atom. The number of aliphatic hydroxyl groups is 1. The van der Waals surface area contributed by atoms with E-state index in [-0.39, 0.29) is 6.10 Å². The normalized spacial score (nSPS) is 18.3. The van der Waals surface area contributed by atoms with Crippen molar-refractivity contribution >= 4 is 0 Å². The molecule has 0 aliphatic heterocycles. The summed E-state index contributed by atoms with van der Waals surface area (Å²) in [5.74, 6) is 0. The highest BCUT2D eigenvalue weighted by Gasteiger charge is 2.23. The lowest BCUT2D eigenvalue weighted by Crippen LogP contribution is -2.13. The summed E-state index contributed by atoms with van der Waals surface area (Å²) in [6, 6.07) is 2.15. The maximum absolute atomic E-state index is 10.1. The van der Waals surface area contributed by atoms with E-state index in [1.54, 1.807) is 0 Å². The first-order valence-electron chi connectivity index (χ1n) is 7.48. The number of aryl methyl sites for hydroxylation is 3. The molecule has 0 aromatic carbocycles. The van der Waals surface area contributed by atoms with Crippen molar-refractivity contribution in [3.8, 4) is 0 Å². The van der Waals surface area contributed by atoms with Crippen LogP contribution in [0.5, 0.6) is 0 Å². The van der Waals surface area contributed by atoms with Crippen LogP contribution < -0.4 is 0 Å². The van der Waals surface area contributed by atoms with Crippen LogP contribution in [0.4, 0.5) is 0 Å². The second-order valence-corrected chi connectivity index (χ2v) is 5.81. The Hall–Kier alpha value is -1.55. The minimum absolute atomic E-state index is 0.279. The number of aliphatic hydroxyl groups excluding tert-OH is 1. The first kappa shape index (κ1) is 13.4. The number of hydrogen-bond donors (Lipinski definition) is 1. The molecule has 1 N–H and O–H groups in total. The lowest BCUT2D eigenvalue weighted by atomic mass is 9.95. The number of fused-ring (bicyclic) bond motifs is 1. The van der Waals surface area contributed by atoms with Gasteiger partial charge in [-0.2, -0.15) is 5.10 Å². The van der Waals surface area contributed by atoms with Gasteiger partial charge in [0, 0.05) is 35.8 Å². The van der Waals surface area contributed by atoms with E-state index in [0.717, 1.165) is 37.8 Å². The molecule has 0 amide bonds. The molecule has 1 aliphatic rings. The van der Waals surface area contributed by atoms with E-state index in [9.17, 15) is 5.11 Å². The van der Waals surface area contributed by atoms with Crippen LogP contribution in [0.3, 0.4) is 0 Å². The summed E-state index contributed by atoms with van der Waals surface area (Å²) in [5.41, 5.74) is 6.15. The summed E-state index contributed by atoms with van der Waals surface area (Å²) in [4.78, 5) is 0. The standard InChI is InChI=1S/C16H23N3O/c1-4-14-12(9-18(3)17-14)10-19-11(2)8-13-15(19)6-5-7-16(13)20/h8-9,16,20H,4-7,10H2,1-3H3. The SMILES string of the molecule is CCc1nn(C)cc1Cn1c(C)cc2c1CCCC2O. The van der Waals surface area contributed by atoms with Crippen molar-refractivity contribution in [1.29, 1.82) is 0 Å². The van der Waals surface area contributed by atoms with Crippen molar-refractivity contribution in [3.63, 3.8) is 0 Å². The van der Waals surface area contributed by atoms with Gasteiger partial charge < -0.3 is 9.67 Å². The van der Waals surface area contributed by atoms with E-state index in [1.165, 1.54) is 22.6 Å². The second kappa shape index (κ2) is 5.09. The van der Waals surface area contributed by atoms with Crippen molar-refractivity contribution in [2.24, 2.45) is 7.05 Å². The van der Waals surface area contributed by atoms with E-state index in [0.29, 0.717) is 0 Å². The van der Waals surface area contributed by atoms with Crippen LogP contribution in [-0.2, 0) is 26.4 Å². The fourth-order valence-corrected chi connectivity index (χ4v) is 3.35. The summed E-state index contributed by atoms with van der Waals surface area (Å²) >= 11 is 0. The minimum atomic E-state index is -0.279. The Bertz CT molecular complexity index is 624. The first-order valence-corrected chi connectivity index (χ1v) is 7.48. The number of aromatic nitrogens is 3. The molecule has 2 heterocycles. The van der Waals surface area contributed by atoms with Crippen LogP contribution in [0.15, 0.2) is 12.3 Å². The molecule has 0 radical (unpaired) electrons. The highest BCUT2D eigenvalue weighted by atomic mass is 16.3. The van der Waals surface area contributed by atoms with Crippen molar-refractivity contribution < 1.29 is 5.11 Å². The number of nitrogens with zero attached hydrogens (tertiary/aromatic N) is 3. The van der Waals surface area contributed by atoms with Gasteiger partial charge in [-0.25, -0.2) is 0 Å². The minimum Gasteiger partial charge on any atom is -0.388 e. The third kappa shape index (κ3) is 2.18. The van der Waals surface area contributed by atoms with Gasteiger partial charge in [0.25, 0.3) is 0 Å². The molecule has 1 unspecified atom stereocenters. The van der Waals surface area contributed by atoms with Crippen LogP contribution in [0.1, 0.15) is 54.1 Å². The molecule has 4 heteroatoms. The molecule has 1 aliphatic carbocycles. The van der Waals surface area contributed by atoms with Gasteiger partial charge in [0.1, 0.15) is 0 Å². The van der Waals surface area contributed by atoms with E-state index in [2.05, 4.69) is 35.8 Å². The van der Waals surface area contributed by atoms with Gasteiger partial charge in [-0.3, -0.25) is 4.68 Å². The van der Waals surface area contributed by atoms with Gasteiger partial charge >= 0.3 is 0 Å². The molecule has 0 saturated carbocycles. The second-order valence-electron chi connectivity index (χ2n) is 5.81. The van der Waals surface area contributed by atoms with Crippen molar-refractivity contribution in [3.05, 3.63) is 40.5 Å². The average molecular weight is 273 g/mol. The van der Waals surface area contributed by atoms with Gasteiger partial charge in [0.05, 0.1) is 18.3 Å². The molecule has 0 fully saturated rings. The number of hydrogen-bond acceptors (Lipinski definition) is 2. The molecular weight excluding hydrogens is 250 g/mol. The van der Waals surface area contributed by atoms with Crippen molar-refractivity contribution in [1.82, 2.24) is 14.3 Å². The van der Waals surface area contributed by atoms with E-state index in [4.69, 9.17) is 0 Å². The lowest BCUT2D eigenvalue weighted by molar-refractivity contribution is 0.156. The molecule has 20 heavy (non-hydrogen) atoms. The Morgan fingerprint density at radius 2 is 2.25 bits per heavy atom. The molecule has 4 nitrogen and oxygen atoms in total. The summed E-state index contributed by atoms with van der Waals surface area (Å²) in [7, 11) is 1.98. The maximum Gasteiger partial charge on any atom is 0.0807 e. The first-order chi connectivity index (χ1) is 9.60. The molecule has 0 spiro atoms. The molecular formula is C16H23N3O. The molecule has 1 atom stereocenters. The van der Waals surface area contributed by atoms with Gasteiger partial charge in [0.15, 0.2) is 0 Å². The fourth-order valence-electron chi connectivity index (χ4n) is 3.35. The fraction of sp³-hybridized carbons (Fsp3) is 0.562. The topological polar surface area (TPSA) is 43.0 Å². The Labute approximate surface area is 120 Å². The van der Waals surface area contributed by atoms with Crippen LogP contribution in [0, 0.1) is 6.92 Å². The van der Waals surface area contributed by atoms with Crippen LogP contribution in [0.2, 0.25) is 0 Å². The third-order valence-corrected chi connectivity index (χ3v) is 4.35. The van der Waals surface area contributed by atoms with Crippen molar-refractivity contribution in [2.45, 2.75) is 52.2 Å². The van der Waals surface area contributed by atoms with Gasteiger partial charge in [-0.05, 0) is 38.7 Å². The molecule has 3 rings (SSSR count). The average Bonchev–Trinajstić information content (AvgIpc) is 2.93. The van der Waals surface area contributed by atoms with Crippen molar-refractivity contribution in [2.75, 3.05) is 0 Å². The Morgan fingerprint density at radius 3 is 3.00 bits per heavy atom. The lowest BCUT2D eigenvalue weighted by Gasteiger charge is -2.20. The van der Waals surface area contributed by atoms with E-state index >= 15 is 0 Å². The molecule has 0 saturated heterocycles. The van der Waals surface area contributed by atoms with Crippen LogP contribution in [-0.4, -0.2) is 19.5 Å². The largest absolute Gasteiger partial charge is 0.388 e.